The fourth-order valence-corrected chi connectivity index (χ4v) is 2.67. The van der Waals surface area contributed by atoms with Gasteiger partial charge in [-0.25, -0.2) is 0 Å². The van der Waals surface area contributed by atoms with E-state index >= 15 is 0 Å². The molecule has 0 heterocycles. The molecule has 2 rings (SSSR count). The average molecular weight is 379 g/mol. The van der Waals surface area contributed by atoms with Crippen molar-refractivity contribution < 1.29 is 18.9 Å². The van der Waals surface area contributed by atoms with Gasteiger partial charge in [0, 0.05) is 0 Å². The Bertz CT molecular complexity index is 765. The molecule has 0 aliphatic rings. The first-order chi connectivity index (χ1) is 12.6. The first kappa shape index (κ1) is 19.7. The van der Waals surface area contributed by atoms with Crippen LogP contribution in [0.1, 0.15) is 18.1 Å². The Morgan fingerprint density at radius 1 is 1.00 bits per heavy atom. The molecular formula is C19H23ClN2O4. The van der Waals surface area contributed by atoms with Crippen molar-refractivity contribution in [1.29, 1.82) is 0 Å². The maximum atomic E-state index is 6.23. The van der Waals surface area contributed by atoms with Crippen LogP contribution < -0.4 is 24.4 Å². The number of nitrogens with one attached hydrogen (secondary N) is 1. The molecule has 0 atom stereocenters. The van der Waals surface area contributed by atoms with E-state index in [-0.39, 0.29) is 0 Å². The molecule has 6 nitrogen and oxygen atoms in total. The van der Waals surface area contributed by atoms with E-state index in [0.29, 0.717) is 41.2 Å². The van der Waals surface area contributed by atoms with Crippen LogP contribution in [0.5, 0.6) is 23.0 Å². The van der Waals surface area contributed by atoms with Gasteiger partial charge in [-0.15, -0.1) is 0 Å². The van der Waals surface area contributed by atoms with Gasteiger partial charge in [0.2, 0.25) is 0 Å². The zero-order chi connectivity index (χ0) is 18.9. The molecule has 0 fully saturated rings. The first-order valence-electron chi connectivity index (χ1n) is 8.10. The molecule has 0 aliphatic heterocycles. The molecule has 26 heavy (non-hydrogen) atoms. The maximum absolute atomic E-state index is 6.23. The fourth-order valence-electron chi connectivity index (χ4n) is 2.37. The van der Waals surface area contributed by atoms with Gasteiger partial charge < -0.3 is 24.4 Å². The highest BCUT2D eigenvalue weighted by atomic mass is 35.5. The van der Waals surface area contributed by atoms with E-state index in [1.54, 1.807) is 33.6 Å². The summed E-state index contributed by atoms with van der Waals surface area (Å²) in [4.78, 5) is 0. The van der Waals surface area contributed by atoms with Crippen LogP contribution in [0.2, 0.25) is 5.02 Å². The Hall–Kier alpha value is -2.60. The predicted octanol–water partition coefficient (Wildman–Crippen LogP) is 3.89. The lowest BCUT2D eigenvalue weighted by atomic mass is 10.2. The van der Waals surface area contributed by atoms with Crippen molar-refractivity contribution in [2.75, 3.05) is 27.9 Å². The van der Waals surface area contributed by atoms with Crippen LogP contribution in [0.15, 0.2) is 35.4 Å². The van der Waals surface area contributed by atoms with Crippen molar-refractivity contribution in [3.63, 3.8) is 0 Å². The number of hydrogen-bond donors (Lipinski definition) is 1. The van der Waals surface area contributed by atoms with Gasteiger partial charge in [0.05, 0.1) is 45.7 Å². The summed E-state index contributed by atoms with van der Waals surface area (Å²) in [7, 11) is 4.77. The van der Waals surface area contributed by atoms with Crippen LogP contribution >= 0.6 is 11.6 Å². The van der Waals surface area contributed by atoms with Crippen molar-refractivity contribution in [2.45, 2.75) is 13.5 Å². The number of ether oxygens (including phenoxy) is 4. The van der Waals surface area contributed by atoms with Crippen molar-refractivity contribution in [2.24, 2.45) is 5.10 Å². The number of methoxy groups -OCH3 is 3. The minimum atomic E-state index is 0.472. The van der Waals surface area contributed by atoms with Crippen LogP contribution in [0.25, 0.3) is 0 Å². The van der Waals surface area contributed by atoms with Crippen molar-refractivity contribution in [1.82, 2.24) is 5.43 Å². The summed E-state index contributed by atoms with van der Waals surface area (Å²) in [6.45, 7) is 2.96. The third kappa shape index (κ3) is 4.95. The molecule has 0 bridgehead atoms. The summed E-state index contributed by atoms with van der Waals surface area (Å²) in [5, 5.41) is 4.70. The average Bonchev–Trinajstić information content (AvgIpc) is 2.65. The zero-order valence-corrected chi connectivity index (χ0v) is 16.1. The Morgan fingerprint density at radius 2 is 1.77 bits per heavy atom. The van der Waals surface area contributed by atoms with Gasteiger partial charge in [0.25, 0.3) is 0 Å². The number of hydrogen-bond acceptors (Lipinski definition) is 6. The van der Waals surface area contributed by atoms with Gasteiger partial charge in [0.1, 0.15) is 0 Å². The normalized spacial score (nSPS) is 10.7. The lowest BCUT2D eigenvalue weighted by molar-refractivity contribution is 0.311. The predicted molar refractivity (Wildman–Crippen MR) is 103 cm³/mol. The molecule has 140 valence electrons. The van der Waals surface area contributed by atoms with Crippen LogP contribution in [-0.4, -0.2) is 34.2 Å². The summed E-state index contributed by atoms with van der Waals surface area (Å²) in [6, 6.07) is 9.30. The van der Waals surface area contributed by atoms with E-state index in [2.05, 4.69) is 10.5 Å². The summed E-state index contributed by atoms with van der Waals surface area (Å²) in [5.74, 6) is 2.47. The van der Waals surface area contributed by atoms with Crippen molar-refractivity contribution >= 4 is 17.8 Å². The van der Waals surface area contributed by atoms with Crippen LogP contribution in [0.4, 0.5) is 0 Å². The van der Waals surface area contributed by atoms with Crippen LogP contribution in [0, 0.1) is 0 Å². The maximum Gasteiger partial charge on any atom is 0.179 e. The smallest absolute Gasteiger partial charge is 0.179 e. The number of rotatable bonds is 9. The van der Waals surface area contributed by atoms with E-state index < -0.39 is 0 Å². The molecule has 2 aromatic carbocycles. The Morgan fingerprint density at radius 3 is 2.42 bits per heavy atom. The van der Waals surface area contributed by atoms with E-state index in [4.69, 9.17) is 30.5 Å². The fraction of sp³-hybridized carbons (Fsp3) is 0.316. The standard InChI is InChI=1S/C19H23ClN2O4/c1-5-26-18-10-14(8-15(20)19(18)25-4)12-22-21-11-13-6-7-16(23-2)17(9-13)24-3/h6-10,12,21H,5,11H2,1-4H3/b22-12+. The van der Waals surface area contributed by atoms with Gasteiger partial charge >= 0.3 is 0 Å². The molecule has 0 amide bonds. The molecular weight excluding hydrogens is 356 g/mol. The topological polar surface area (TPSA) is 61.3 Å². The van der Waals surface area contributed by atoms with Gasteiger partial charge in [-0.3, -0.25) is 0 Å². The van der Waals surface area contributed by atoms with Gasteiger partial charge in [-0.1, -0.05) is 17.7 Å². The summed E-state index contributed by atoms with van der Waals surface area (Å²) in [6.07, 6.45) is 1.68. The molecule has 0 spiro atoms. The highest BCUT2D eigenvalue weighted by Gasteiger charge is 2.10. The Labute approximate surface area is 158 Å². The quantitative estimate of drug-likeness (QED) is 0.530. The molecule has 0 aromatic heterocycles. The number of halogens is 1. The van der Waals surface area contributed by atoms with E-state index in [9.17, 15) is 0 Å². The first-order valence-corrected chi connectivity index (χ1v) is 8.47. The third-order valence-corrected chi connectivity index (χ3v) is 3.85. The van der Waals surface area contributed by atoms with E-state index in [1.807, 2.05) is 31.2 Å². The summed E-state index contributed by atoms with van der Waals surface area (Å²) < 4.78 is 21.3. The lowest BCUT2D eigenvalue weighted by Gasteiger charge is -2.11. The number of hydrazone groups is 1. The van der Waals surface area contributed by atoms with Gasteiger partial charge in [-0.2, -0.15) is 5.10 Å². The summed E-state index contributed by atoms with van der Waals surface area (Å²) in [5.41, 5.74) is 4.82. The second-order valence-corrected chi connectivity index (χ2v) is 5.66. The van der Waals surface area contributed by atoms with E-state index in [1.165, 1.54) is 0 Å². The van der Waals surface area contributed by atoms with Crippen molar-refractivity contribution in [3.05, 3.63) is 46.5 Å². The lowest BCUT2D eigenvalue weighted by Crippen LogP contribution is -2.06. The van der Waals surface area contributed by atoms with Crippen LogP contribution in [-0.2, 0) is 6.54 Å². The second-order valence-electron chi connectivity index (χ2n) is 5.25. The minimum Gasteiger partial charge on any atom is -0.493 e. The molecule has 0 aliphatic carbocycles. The number of benzene rings is 2. The Balaban J connectivity index is 2.04. The number of nitrogens with zero attached hydrogens (tertiary/aromatic N) is 1. The highest BCUT2D eigenvalue weighted by Crippen LogP contribution is 2.35. The SMILES string of the molecule is CCOc1cc(/C=N/NCc2ccc(OC)c(OC)c2)cc(Cl)c1OC. The molecule has 7 heteroatoms. The molecule has 2 aromatic rings. The minimum absolute atomic E-state index is 0.472. The molecule has 0 saturated heterocycles. The third-order valence-electron chi connectivity index (χ3n) is 3.57. The monoisotopic (exact) mass is 378 g/mol. The largest absolute Gasteiger partial charge is 0.493 e. The molecule has 0 saturated carbocycles. The Kier molecular flexibility index (Phi) is 7.41. The second kappa shape index (κ2) is 9.77. The molecule has 0 radical (unpaired) electrons. The molecule has 0 unspecified atom stereocenters. The molecule has 1 N–H and O–H groups in total. The van der Waals surface area contributed by atoms with Crippen molar-refractivity contribution in [3.8, 4) is 23.0 Å². The summed E-state index contributed by atoms with van der Waals surface area (Å²) >= 11 is 6.23. The van der Waals surface area contributed by atoms with Crippen LogP contribution in [0.3, 0.4) is 0 Å². The van der Waals surface area contributed by atoms with Gasteiger partial charge in [-0.05, 0) is 42.3 Å². The highest BCUT2D eigenvalue weighted by molar-refractivity contribution is 6.32. The van der Waals surface area contributed by atoms with Gasteiger partial charge in [0.15, 0.2) is 23.0 Å². The van der Waals surface area contributed by atoms with E-state index in [0.717, 1.165) is 11.1 Å². The zero-order valence-electron chi connectivity index (χ0n) is 15.3.